The van der Waals surface area contributed by atoms with E-state index in [1.54, 1.807) is 24.3 Å². The topological polar surface area (TPSA) is 91.7 Å². The molecule has 5 nitrogen and oxygen atoms in total. The molecule has 0 radical (unpaired) electrons. The number of rotatable bonds is 3. The highest BCUT2D eigenvalue weighted by Crippen LogP contribution is 2.05. The third-order valence-corrected chi connectivity index (χ3v) is 1.72. The van der Waals surface area contributed by atoms with E-state index in [9.17, 15) is 4.79 Å². The predicted molar refractivity (Wildman–Crippen MR) is 52.3 cm³/mol. The molecule has 5 heteroatoms. The van der Waals surface area contributed by atoms with Crippen LogP contribution in [-0.2, 0) is 0 Å². The number of nitrogens with one attached hydrogen (secondary N) is 1. The Bertz CT molecular complexity index is 398. The molecule has 0 fully saturated rings. The molecule has 0 unspecified atom stereocenters. The monoisotopic (exact) mass is 190 g/mol. The summed E-state index contributed by atoms with van der Waals surface area (Å²) in [6, 6.07) is 6.72. The summed E-state index contributed by atoms with van der Waals surface area (Å²) in [5.41, 5.74) is 13.2. The molecule has 0 aliphatic carbocycles. The molecule has 3 N–H and O–H groups in total. The van der Waals surface area contributed by atoms with Gasteiger partial charge in [0.1, 0.15) is 0 Å². The van der Waals surface area contributed by atoms with E-state index in [2.05, 4.69) is 10.3 Å². The first-order valence-corrected chi connectivity index (χ1v) is 3.96. The van der Waals surface area contributed by atoms with Crippen LogP contribution < -0.4 is 5.73 Å². The second kappa shape index (κ2) is 4.27. The van der Waals surface area contributed by atoms with Gasteiger partial charge < -0.3 is 5.73 Å². The molecule has 72 valence electrons. The number of nitrogens with two attached hydrogens (primary N) is 1. The van der Waals surface area contributed by atoms with E-state index >= 15 is 0 Å². The lowest BCUT2D eigenvalue weighted by molar-refractivity contribution is 0.101. The van der Waals surface area contributed by atoms with Crippen molar-refractivity contribution in [2.24, 2.45) is 16.1 Å². The number of nitrogens with zero attached hydrogens (tertiary/aromatic N) is 2. The van der Waals surface area contributed by atoms with Gasteiger partial charge in [0.2, 0.25) is 0 Å². The first kappa shape index (κ1) is 10.0. The molecule has 0 atom stereocenters. The second-order valence-corrected chi connectivity index (χ2v) is 2.72. The highest BCUT2D eigenvalue weighted by Gasteiger charge is 2.02. The number of ketones is 1. The zero-order chi connectivity index (χ0) is 10.6. The van der Waals surface area contributed by atoms with Crippen molar-refractivity contribution in [2.45, 2.75) is 6.92 Å². The minimum atomic E-state index is -0.0394. The SMILES string of the molecule is CC(=O)c1cccc(/C(N)=N/N=N)c1. The van der Waals surface area contributed by atoms with E-state index in [-0.39, 0.29) is 11.6 Å². The highest BCUT2D eigenvalue weighted by atomic mass is 16.1. The van der Waals surface area contributed by atoms with Gasteiger partial charge in [-0.25, -0.2) is 0 Å². The summed E-state index contributed by atoms with van der Waals surface area (Å²) in [4.78, 5) is 11.0. The average molecular weight is 190 g/mol. The molecule has 14 heavy (non-hydrogen) atoms. The van der Waals surface area contributed by atoms with E-state index < -0.39 is 0 Å². The van der Waals surface area contributed by atoms with Crippen LogP contribution >= 0.6 is 0 Å². The molecule has 1 aromatic rings. The van der Waals surface area contributed by atoms with Crippen LogP contribution in [0.5, 0.6) is 0 Å². The summed E-state index contributed by atoms with van der Waals surface area (Å²) in [6.07, 6.45) is 0. The Morgan fingerprint density at radius 1 is 1.43 bits per heavy atom. The van der Waals surface area contributed by atoms with Gasteiger partial charge in [0, 0.05) is 11.1 Å². The van der Waals surface area contributed by atoms with Gasteiger partial charge in [0.15, 0.2) is 11.6 Å². The Kier molecular flexibility index (Phi) is 3.06. The van der Waals surface area contributed by atoms with Crippen LogP contribution in [0.1, 0.15) is 22.8 Å². The van der Waals surface area contributed by atoms with Crippen LogP contribution in [0.15, 0.2) is 34.6 Å². The van der Waals surface area contributed by atoms with E-state index in [4.69, 9.17) is 11.3 Å². The fourth-order valence-electron chi connectivity index (χ4n) is 1.01. The van der Waals surface area contributed by atoms with Crippen molar-refractivity contribution in [1.29, 1.82) is 5.53 Å². The zero-order valence-corrected chi connectivity index (χ0v) is 7.69. The molecule has 0 heterocycles. The first-order valence-electron chi connectivity index (χ1n) is 3.96. The molecule has 0 amide bonds. The van der Waals surface area contributed by atoms with Crippen LogP contribution in [0.3, 0.4) is 0 Å². The van der Waals surface area contributed by atoms with Crippen LogP contribution in [0, 0.1) is 5.53 Å². The molecule has 0 saturated carbocycles. The van der Waals surface area contributed by atoms with Crippen molar-refractivity contribution < 1.29 is 4.79 Å². The van der Waals surface area contributed by atoms with Gasteiger partial charge in [0.05, 0.1) is 0 Å². The minimum absolute atomic E-state index is 0.0394. The Hall–Kier alpha value is -2.04. The van der Waals surface area contributed by atoms with Crippen LogP contribution in [0.4, 0.5) is 0 Å². The van der Waals surface area contributed by atoms with Crippen molar-refractivity contribution in [3.05, 3.63) is 35.4 Å². The maximum absolute atomic E-state index is 11.0. The van der Waals surface area contributed by atoms with Crippen molar-refractivity contribution in [1.82, 2.24) is 0 Å². The standard InChI is InChI=1S/C9H10N4O/c1-6(14)7-3-2-4-8(5-7)9(10)12-13-11/h2-5H,1H3,(H3,10,11,12). The van der Waals surface area contributed by atoms with Gasteiger partial charge in [-0.2, -0.15) is 5.53 Å². The van der Waals surface area contributed by atoms with Gasteiger partial charge in [-0.15, -0.1) is 5.10 Å². The lowest BCUT2D eigenvalue weighted by atomic mass is 10.1. The van der Waals surface area contributed by atoms with E-state index in [0.29, 0.717) is 11.1 Å². The molecule has 0 saturated heterocycles. The number of benzene rings is 1. The smallest absolute Gasteiger partial charge is 0.159 e. The van der Waals surface area contributed by atoms with Crippen LogP contribution in [-0.4, -0.2) is 11.6 Å². The van der Waals surface area contributed by atoms with E-state index in [0.717, 1.165) is 0 Å². The van der Waals surface area contributed by atoms with Crippen molar-refractivity contribution in [3.63, 3.8) is 0 Å². The van der Waals surface area contributed by atoms with Gasteiger partial charge in [-0.05, 0) is 13.0 Å². The van der Waals surface area contributed by atoms with Crippen LogP contribution in [0.25, 0.3) is 0 Å². The van der Waals surface area contributed by atoms with Gasteiger partial charge >= 0.3 is 0 Å². The summed E-state index contributed by atoms with van der Waals surface area (Å²) in [7, 11) is 0. The van der Waals surface area contributed by atoms with Crippen molar-refractivity contribution in [3.8, 4) is 0 Å². The molecular formula is C9H10N4O. The summed E-state index contributed by atoms with van der Waals surface area (Å²) >= 11 is 0. The highest BCUT2D eigenvalue weighted by molar-refractivity contribution is 6.01. The fourth-order valence-corrected chi connectivity index (χ4v) is 1.01. The Morgan fingerprint density at radius 3 is 2.64 bits per heavy atom. The first-order chi connectivity index (χ1) is 6.65. The Labute approximate surface area is 81.1 Å². The Balaban J connectivity index is 3.11. The third kappa shape index (κ3) is 2.22. The lowest BCUT2D eigenvalue weighted by Crippen LogP contribution is -2.13. The number of carbonyl (C=O) groups is 1. The summed E-state index contributed by atoms with van der Waals surface area (Å²) < 4.78 is 0. The fraction of sp³-hybridized carbons (Fsp3) is 0.111. The van der Waals surface area contributed by atoms with Crippen molar-refractivity contribution >= 4 is 11.6 Å². The number of hydrogen-bond donors (Lipinski definition) is 2. The quantitative estimate of drug-likeness (QED) is 0.249. The maximum atomic E-state index is 11.0. The summed E-state index contributed by atoms with van der Waals surface area (Å²) in [6.45, 7) is 1.47. The number of carbonyl (C=O) groups excluding carboxylic acids is 1. The minimum Gasteiger partial charge on any atom is -0.382 e. The van der Waals surface area contributed by atoms with Crippen LogP contribution in [0.2, 0.25) is 0 Å². The molecule has 0 aliphatic heterocycles. The summed E-state index contributed by atoms with van der Waals surface area (Å²) in [5, 5.41) is 6.18. The number of amidine groups is 1. The maximum Gasteiger partial charge on any atom is 0.159 e. The van der Waals surface area contributed by atoms with E-state index in [1.807, 2.05) is 0 Å². The molecule has 1 aromatic carbocycles. The summed E-state index contributed by atoms with van der Waals surface area (Å²) in [5.74, 6) is 0.0885. The second-order valence-electron chi connectivity index (χ2n) is 2.72. The molecule has 0 aliphatic rings. The number of Topliss-reactive ketones (excluding diaryl/α,β-unsaturated/α-hetero) is 1. The largest absolute Gasteiger partial charge is 0.382 e. The Morgan fingerprint density at radius 2 is 2.07 bits per heavy atom. The average Bonchev–Trinajstić information content (AvgIpc) is 2.18. The van der Waals surface area contributed by atoms with Gasteiger partial charge in [-0.1, -0.05) is 23.4 Å². The van der Waals surface area contributed by atoms with Gasteiger partial charge in [0.25, 0.3) is 0 Å². The lowest BCUT2D eigenvalue weighted by Gasteiger charge is -2.00. The molecule has 0 aromatic heterocycles. The van der Waals surface area contributed by atoms with Gasteiger partial charge in [-0.3, -0.25) is 4.79 Å². The predicted octanol–water partition coefficient (Wildman–Crippen LogP) is 1.54. The molecule has 1 rings (SSSR count). The molecular weight excluding hydrogens is 180 g/mol. The van der Waals surface area contributed by atoms with Crippen molar-refractivity contribution in [2.75, 3.05) is 0 Å². The third-order valence-electron chi connectivity index (χ3n) is 1.72. The number of hydrogen-bond acceptors (Lipinski definition) is 3. The zero-order valence-electron chi connectivity index (χ0n) is 7.69. The van der Waals surface area contributed by atoms with E-state index in [1.165, 1.54) is 6.92 Å². The molecule has 0 bridgehead atoms. The normalized spacial score (nSPS) is 11.1. The molecule has 0 spiro atoms.